The third-order valence-corrected chi connectivity index (χ3v) is 4.89. The molecule has 1 N–H and O–H groups in total. The van der Waals surface area contributed by atoms with E-state index in [9.17, 15) is 4.79 Å². The number of hydrogen-bond acceptors (Lipinski definition) is 3. The second-order valence-electron chi connectivity index (χ2n) is 3.60. The largest absolute Gasteiger partial charge is 0.307 e. The zero-order chi connectivity index (χ0) is 10.8. The minimum atomic E-state index is 0.0107. The Bertz CT molecular complexity index is 371. The summed E-state index contributed by atoms with van der Waals surface area (Å²) >= 11 is 8.36. The third kappa shape index (κ3) is 2.70. The van der Waals surface area contributed by atoms with E-state index in [1.165, 1.54) is 6.42 Å². The lowest BCUT2D eigenvalue weighted by Crippen LogP contribution is -2.40. The number of nitrogens with one attached hydrogen (secondary N) is 1. The van der Waals surface area contributed by atoms with Crippen molar-refractivity contribution in [2.45, 2.75) is 25.3 Å². The van der Waals surface area contributed by atoms with Gasteiger partial charge in [-0.25, -0.2) is 0 Å². The van der Waals surface area contributed by atoms with Crippen molar-refractivity contribution < 1.29 is 4.79 Å². The van der Waals surface area contributed by atoms with Crippen LogP contribution in [0.25, 0.3) is 0 Å². The lowest BCUT2D eigenvalue weighted by molar-refractivity contribution is 0.0927. The van der Waals surface area contributed by atoms with Crippen LogP contribution in [-0.4, -0.2) is 18.4 Å². The van der Waals surface area contributed by atoms with Crippen molar-refractivity contribution in [3.63, 3.8) is 0 Å². The first-order valence-corrected chi connectivity index (χ1v) is 7.31. The Morgan fingerprint density at radius 2 is 2.27 bits per heavy atom. The summed E-state index contributed by atoms with van der Waals surface area (Å²) in [5, 5.41) is 3.27. The minimum absolute atomic E-state index is 0.0107. The van der Waals surface area contributed by atoms with Gasteiger partial charge in [-0.2, -0.15) is 0 Å². The molecule has 0 bridgehead atoms. The normalized spacial score (nSPS) is 21.6. The number of Topliss-reactive ketones (excluding diaryl/α,β-unsaturated/α-hetero) is 1. The Morgan fingerprint density at radius 3 is 2.80 bits per heavy atom. The summed E-state index contributed by atoms with van der Waals surface area (Å²) in [6.45, 7) is 0.958. The number of rotatable bonds is 2. The summed E-state index contributed by atoms with van der Waals surface area (Å²) < 4.78 is 1.92. The summed E-state index contributed by atoms with van der Waals surface area (Å²) in [5.41, 5.74) is 0.797. The average Bonchev–Trinajstić information content (AvgIpc) is 2.58. The molecular formula is C10H11Br2NOS. The van der Waals surface area contributed by atoms with E-state index in [4.69, 9.17) is 0 Å². The molecule has 2 nitrogen and oxygen atoms in total. The topological polar surface area (TPSA) is 29.1 Å². The maximum absolute atomic E-state index is 12.1. The molecule has 0 radical (unpaired) electrons. The number of hydrogen-bond donors (Lipinski definition) is 1. The van der Waals surface area contributed by atoms with Gasteiger partial charge in [-0.1, -0.05) is 6.42 Å². The van der Waals surface area contributed by atoms with E-state index in [1.807, 2.05) is 6.07 Å². The fraction of sp³-hybridized carbons (Fsp3) is 0.500. The van der Waals surface area contributed by atoms with Crippen LogP contribution in [0.15, 0.2) is 13.6 Å². The molecule has 2 heterocycles. The zero-order valence-electron chi connectivity index (χ0n) is 8.06. The fourth-order valence-electron chi connectivity index (χ4n) is 1.77. The van der Waals surface area contributed by atoms with Crippen LogP contribution in [0.4, 0.5) is 0 Å². The highest BCUT2D eigenvalue weighted by atomic mass is 79.9. The van der Waals surface area contributed by atoms with Crippen LogP contribution < -0.4 is 5.32 Å². The van der Waals surface area contributed by atoms with Crippen molar-refractivity contribution >= 4 is 49.0 Å². The number of thiophene rings is 1. The first kappa shape index (κ1) is 11.8. The smallest absolute Gasteiger partial charge is 0.181 e. The van der Waals surface area contributed by atoms with E-state index in [0.717, 1.165) is 32.5 Å². The SMILES string of the molecule is O=C(c1cc(Br)sc1Br)C1CCCCN1. The van der Waals surface area contributed by atoms with Crippen LogP contribution >= 0.6 is 43.2 Å². The van der Waals surface area contributed by atoms with Crippen molar-refractivity contribution in [3.05, 3.63) is 19.2 Å². The second kappa shape index (κ2) is 5.08. The molecular weight excluding hydrogens is 342 g/mol. The van der Waals surface area contributed by atoms with E-state index < -0.39 is 0 Å². The first-order valence-electron chi connectivity index (χ1n) is 4.91. The number of carbonyl (C=O) groups excluding carboxylic acids is 1. The van der Waals surface area contributed by atoms with Crippen molar-refractivity contribution in [3.8, 4) is 0 Å². The zero-order valence-corrected chi connectivity index (χ0v) is 12.0. The standard InChI is InChI=1S/C10H11Br2NOS/c11-8-5-6(10(12)15-8)9(14)7-3-1-2-4-13-7/h5,7,13H,1-4H2. The van der Waals surface area contributed by atoms with Crippen molar-refractivity contribution in [1.29, 1.82) is 0 Å². The van der Waals surface area contributed by atoms with E-state index in [-0.39, 0.29) is 11.8 Å². The van der Waals surface area contributed by atoms with Crippen molar-refractivity contribution in [1.82, 2.24) is 5.32 Å². The molecule has 5 heteroatoms. The average molecular weight is 353 g/mol. The highest BCUT2D eigenvalue weighted by Gasteiger charge is 2.24. The molecule has 1 aromatic rings. The fourth-order valence-corrected chi connectivity index (χ4v) is 4.59. The monoisotopic (exact) mass is 351 g/mol. The van der Waals surface area contributed by atoms with Gasteiger partial charge < -0.3 is 5.32 Å². The van der Waals surface area contributed by atoms with Gasteiger partial charge in [0.15, 0.2) is 5.78 Å². The summed E-state index contributed by atoms with van der Waals surface area (Å²) in [4.78, 5) is 12.1. The molecule has 1 fully saturated rings. The van der Waals surface area contributed by atoms with Crippen molar-refractivity contribution in [2.24, 2.45) is 0 Å². The Labute approximate surface area is 110 Å². The quantitative estimate of drug-likeness (QED) is 0.824. The van der Waals surface area contributed by atoms with Gasteiger partial charge in [0, 0.05) is 5.56 Å². The third-order valence-electron chi connectivity index (χ3n) is 2.55. The van der Waals surface area contributed by atoms with Gasteiger partial charge in [0.2, 0.25) is 0 Å². The maximum atomic E-state index is 12.1. The molecule has 0 amide bonds. The molecule has 1 aromatic heterocycles. The van der Waals surface area contributed by atoms with Crippen LogP contribution in [0.1, 0.15) is 29.6 Å². The molecule has 82 valence electrons. The lowest BCUT2D eigenvalue weighted by atomic mass is 9.98. The molecule has 1 unspecified atom stereocenters. The number of piperidine rings is 1. The molecule has 15 heavy (non-hydrogen) atoms. The Hall–Kier alpha value is 0.290. The second-order valence-corrected chi connectivity index (χ2v) is 7.35. The van der Waals surface area contributed by atoms with E-state index in [0.29, 0.717) is 0 Å². The molecule has 0 aromatic carbocycles. The van der Waals surface area contributed by atoms with Gasteiger partial charge in [0.05, 0.1) is 13.6 Å². The van der Waals surface area contributed by atoms with Crippen molar-refractivity contribution in [2.75, 3.05) is 6.54 Å². The molecule has 0 aliphatic carbocycles. The van der Waals surface area contributed by atoms with E-state index >= 15 is 0 Å². The molecule has 0 saturated carbocycles. The number of carbonyl (C=O) groups is 1. The van der Waals surface area contributed by atoms with Gasteiger partial charge in [-0.15, -0.1) is 11.3 Å². The Balaban J connectivity index is 2.16. The van der Waals surface area contributed by atoms with Crippen LogP contribution in [0, 0.1) is 0 Å². The van der Waals surface area contributed by atoms with Crippen LogP contribution in [0.5, 0.6) is 0 Å². The maximum Gasteiger partial charge on any atom is 0.181 e. The highest BCUT2D eigenvalue weighted by Crippen LogP contribution is 2.33. The van der Waals surface area contributed by atoms with E-state index in [2.05, 4.69) is 37.2 Å². The van der Waals surface area contributed by atoms with Crippen LogP contribution in [-0.2, 0) is 0 Å². The first-order chi connectivity index (χ1) is 7.18. The van der Waals surface area contributed by atoms with Gasteiger partial charge >= 0.3 is 0 Å². The number of ketones is 1. The molecule has 1 saturated heterocycles. The van der Waals surface area contributed by atoms with Crippen LogP contribution in [0.3, 0.4) is 0 Å². The predicted octanol–water partition coefficient (Wildman–Crippen LogP) is 3.60. The summed E-state index contributed by atoms with van der Waals surface area (Å²) in [6, 6.07) is 1.91. The minimum Gasteiger partial charge on any atom is -0.307 e. The summed E-state index contributed by atoms with van der Waals surface area (Å²) in [7, 11) is 0. The number of halogens is 2. The van der Waals surface area contributed by atoms with E-state index in [1.54, 1.807) is 11.3 Å². The Kier molecular flexibility index (Phi) is 3.98. The van der Waals surface area contributed by atoms with Crippen LogP contribution in [0.2, 0.25) is 0 Å². The molecule has 1 aliphatic rings. The van der Waals surface area contributed by atoms with Gasteiger partial charge in [0.1, 0.15) is 0 Å². The lowest BCUT2D eigenvalue weighted by Gasteiger charge is -2.21. The van der Waals surface area contributed by atoms with Gasteiger partial charge in [-0.3, -0.25) is 4.79 Å². The molecule has 0 spiro atoms. The predicted molar refractivity (Wildman–Crippen MR) is 69.7 cm³/mol. The Morgan fingerprint density at radius 1 is 1.47 bits per heavy atom. The van der Waals surface area contributed by atoms with Gasteiger partial charge in [-0.05, 0) is 57.3 Å². The molecule has 1 atom stereocenters. The molecule has 2 rings (SSSR count). The molecule has 1 aliphatic heterocycles. The van der Waals surface area contributed by atoms with Gasteiger partial charge in [0.25, 0.3) is 0 Å². The summed E-state index contributed by atoms with van der Waals surface area (Å²) in [5.74, 6) is 0.212. The highest BCUT2D eigenvalue weighted by molar-refractivity contribution is 9.12. The summed E-state index contributed by atoms with van der Waals surface area (Å²) in [6.07, 6.45) is 3.28.